The first-order valence-corrected chi connectivity index (χ1v) is 9.90. The highest BCUT2D eigenvalue weighted by Crippen LogP contribution is 1.99. The summed E-state index contributed by atoms with van der Waals surface area (Å²) in [5.74, 6) is 1.50. The molecule has 2 N–H and O–H groups in total. The number of aliphatic imine (C=N–C) groups is 1. The molecule has 0 amide bonds. The molecular formula is C15H35IN4O3S. The number of nitrogens with one attached hydrogen (secondary N) is 2. The van der Waals surface area contributed by atoms with Crippen LogP contribution in [0.1, 0.15) is 33.6 Å². The van der Waals surface area contributed by atoms with Gasteiger partial charge < -0.3 is 15.4 Å². The van der Waals surface area contributed by atoms with Gasteiger partial charge in [-0.2, -0.15) is 0 Å². The van der Waals surface area contributed by atoms with Gasteiger partial charge in [0.05, 0.1) is 12.4 Å². The fourth-order valence-corrected chi connectivity index (χ4v) is 2.60. The summed E-state index contributed by atoms with van der Waals surface area (Å²) < 4.78 is 30.1. The summed E-state index contributed by atoms with van der Waals surface area (Å²) in [5, 5.41) is 6.33. The molecule has 0 aliphatic rings. The van der Waals surface area contributed by atoms with E-state index in [1.54, 1.807) is 21.0 Å². The number of sulfonamides is 1. The summed E-state index contributed by atoms with van der Waals surface area (Å²) in [5.41, 5.74) is 0. The van der Waals surface area contributed by atoms with Gasteiger partial charge in [-0.3, -0.25) is 4.99 Å². The van der Waals surface area contributed by atoms with E-state index in [-0.39, 0.29) is 29.7 Å². The lowest BCUT2D eigenvalue weighted by Crippen LogP contribution is -2.40. The van der Waals surface area contributed by atoms with Crippen molar-refractivity contribution in [3.8, 4) is 0 Å². The van der Waals surface area contributed by atoms with E-state index >= 15 is 0 Å². The normalized spacial score (nSPS) is 12.4. The third-order valence-electron chi connectivity index (χ3n) is 3.38. The van der Waals surface area contributed by atoms with E-state index in [1.165, 1.54) is 4.31 Å². The smallest absolute Gasteiger partial charge is 0.213 e. The first-order valence-electron chi connectivity index (χ1n) is 8.29. The van der Waals surface area contributed by atoms with Gasteiger partial charge in [-0.1, -0.05) is 13.8 Å². The van der Waals surface area contributed by atoms with Crippen molar-refractivity contribution in [3.63, 3.8) is 0 Å². The van der Waals surface area contributed by atoms with E-state index in [0.717, 1.165) is 19.4 Å². The Morgan fingerprint density at radius 1 is 1.21 bits per heavy atom. The maximum Gasteiger partial charge on any atom is 0.213 e. The van der Waals surface area contributed by atoms with E-state index < -0.39 is 10.0 Å². The van der Waals surface area contributed by atoms with Gasteiger partial charge in [-0.05, 0) is 25.7 Å². The quantitative estimate of drug-likeness (QED) is 0.192. The molecule has 0 heterocycles. The molecule has 0 aromatic heterocycles. The molecule has 0 radical (unpaired) electrons. The average Bonchev–Trinajstić information content (AvgIpc) is 2.51. The molecule has 0 spiro atoms. The largest absolute Gasteiger partial charge is 0.380 e. The van der Waals surface area contributed by atoms with Gasteiger partial charge in [-0.25, -0.2) is 12.7 Å². The zero-order chi connectivity index (χ0) is 17.7. The van der Waals surface area contributed by atoms with Gasteiger partial charge in [-0.15, -0.1) is 24.0 Å². The summed E-state index contributed by atoms with van der Waals surface area (Å²) in [6.45, 7) is 9.29. The van der Waals surface area contributed by atoms with Gasteiger partial charge in [0.15, 0.2) is 5.96 Å². The minimum atomic E-state index is -3.09. The van der Waals surface area contributed by atoms with Crippen LogP contribution in [0.5, 0.6) is 0 Å². The van der Waals surface area contributed by atoms with E-state index in [0.29, 0.717) is 38.1 Å². The lowest BCUT2D eigenvalue weighted by Gasteiger charge is -2.17. The van der Waals surface area contributed by atoms with Crippen molar-refractivity contribution in [1.82, 2.24) is 14.9 Å². The van der Waals surface area contributed by atoms with Crippen LogP contribution in [0, 0.1) is 5.92 Å². The maximum atomic E-state index is 11.6. The maximum absolute atomic E-state index is 11.6. The monoisotopic (exact) mass is 478 g/mol. The number of halogens is 1. The Balaban J connectivity index is 0. The Bertz CT molecular complexity index is 430. The fourth-order valence-electron chi connectivity index (χ4n) is 1.75. The highest BCUT2D eigenvalue weighted by Gasteiger charge is 2.13. The van der Waals surface area contributed by atoms with Crippen LogP contribution in [0.2, 0.25) is 0 Å². The number of guanidine groups is 1. The Labute approximate surface area is 165 Å². The summed E-state index contributed by atoms with van der Waals surface area (Å²) in [6.07, 6.45) is 1.79. The van der Waals surface area contributed by atoms with Gasteiger partial charge in [0, 0.05) is 40.3 Å². The zero-order valence-corrected chi connectivity index (χ0v) is 18.8. The Kier molecular flexibility index (Phi) is 16.5. The van der Waals surface area contributed by atoms with Crippen LogP contribution in [0.25, 0.3) is 0 Å². The molecule has 0 rings (SSSR count). The molecule has 0 saturated heterocycles. The van der Waals surface area contributed by atoms with E-state index in [1.807, 2.05) is 0 Å². The van der Waals surface area contributed by atoms with Crippen molar-refractivity contribution in [2.75, 3.05) is 52.7 Å². The molecule has 0 saturated carbocycles. The van der Waals surface area contributed by atoms with Crippen LogP contribution in [-0.4, -0.2) is 71.4 Å². The average molecular weight is 478 g/mol. The second kappa shape index (κ2) is 15.2. The molecule has 0 bridgehead atoms. The minimum absolute atomic E-state index is 0. The predicted molar refractivity (Wildman–Crippen MR) is 112 cm³/mol. The Morgan fingerprint density at radius 2 is 1.83 bits per heavy atom. The number of hydrogen-bond acceptors (Lipinski definition) is 4. The standard InChI is InChI=1S/C15H34N4O3S.HI/c1-6-23(20,21)19(5)11-7-9-17-15(16-4)18-10-13-22-12-8-14(2)3;/h14H,6-13H2,1-5H3,(H2,16,17,18);1H. The molecular weight excluding hydrogens is 443 g/mol. The van der Waals surface area contributed by atoms with Crippen LogP contribution < -0.4 is 10.6 Å². The van der Waals surface area contributed by atoms with Crippen LogP contribution in [-0.2, 0) is 14.8 Å². The van der Waals surface area contributed by atoms with Crippen LogP contribution in [0.15, 0.2) is 4.99 Å². The summed E-state index contributed by atoms with van der Waals surface area (Å²) >= 11 is 0. The summed E-state index contributed by atoms with van der Waals surface area (Å²) in [6, 6.07) is 0. The van der Waals surface area contributed by atoms with Crippen LogP contribution in [0.3, 0.4) is 0 Å². The number of rotatable bonds is 12. The van der Waals surface area contributed by atoms with E-state index in [9.17, 15) is 8.42 Å². The zero-order valence-electron chi connectivity index (χ0n) is 15.7. The highest BCUT2D eigenvalue weighted by atomic mass is 127. The lowest BCUT2D eigenvalue weighted by molar-refractivity contribution is 0.128. The van der Waals surface area contributed by atoms with Gasteiger partial charge >= 0.3 is 0 Å². The fraction of sp³-hybridized carbons (Fsp3) is 0.933. The predicted octanol–water partition coefficient (Wildman–Crippen LogP) is 1.50. The molecule has 0 unspecified atom stereocenters. The third kappa shape index (κ3) is 13.2. The van der Waals surface area contributed by atoms with Crippen molar-refractivity contribution in [2.24, 2.45) is 10.9 Å². The van der Waals surface area contributed by atoms with Gasteiger partial charge in [0.2, 0.25) is 10.0 Å². The van der Waals surface area contributed by atoms with Crippen molar-refractivity contribution < 1.29 is 13.2 Å². The molecule has 0 aromatic rings. The summed E-state index contributed by atoms with van der Waals surface area (Å²) in [7, 11) is 0.232. The SMILES string of the molecule is CCS(=O)(=O)N(C)CCCNC(=NC)NCCOCCC(C)C.I. The lowest BCUT2D eigenvalue weighted by atomic mass is 10.1. The van der Waals surface area contributed by atoms with Crippen molar-refractivity contribution >= 4 is 40.0 Å². The molecule has 146 valence electrons. The third-order valence-corrected chi connectivity index (χ3v) is 5.25. The first-order chi connectivity index (χ1) is 10.8. The molecule has 7 nitrogen and oxygen atoms in total. The highest BCUT2D eigenvalue weighted by molar-refractivity contribution is 14.0. The van der Waals surface area contributed by atoms with Crippen molar-refractivity contribution in [1.29, 1.82) is 0 Å². The van der Waals surface area contributed by atoms with Crippen molar-refractivity contribution in [2.45, 2.75) is 33.6 Å². The second-order valence-electron chi connectivity index (χ2n) is 5.80. The van der Waals surface area contributed by atoms with Crippen molar-refractivity contribution in [3.05, 3.63) is 0 Å². The van der Waals surface area contributed by atoms with E-state index in [2.05, 4.69) is 29.5 Å². The Morgan fingerprint density at radius 3 is 2.38 bits per heavy atom. The Hall–Kier alpha value is -0.130. The number of hydrogen-bond donors (Lipinski definition) is 2. The van der Waals surface area contributed by atoms with Crippen LogP contribution in [0.4, 0.5) is 0 Å². The molecule has 9 heteroatoms. The molecule has 0 aliphatic heterocycles. The number of ether oxygens (including phenoxy) is 1. The van der Waals surface area contributed by atoms with Crippen LogP contribution >= 0.6 is 24.0 Å². The molecule has 24 heavy (non-hydrogen) atoms. The van der Waals surface area contributed by atoms with Gasteiger partial charge in [0.25, 0.3) is 0 Å². The molecule has 0 atom stereocenters. The second-order valence-corrected chi connectivity index (χ2v) is 8.16. The molecule has 0 fully saturated rings. The molecule has 0 aliphatic carbocycles. The minimum Gasteiger partial charge on any atom is -0.380 e. The summed E-state index contributed by atoms with van der Waals surface area (Å²) in [4.78, 5) is 4.12. The van der Waals surface area contributed by atoms with Gasteiger partial charge in [0.1, 0.15) is 0 Å². The van der Waals surface area contributed by atoms with E-state index in [4.69, 9.17) is 4.74 Å². The topological polar surface area (TPSA) is 83.0 Å². The number of nitrogens with zero attached hydrogens (tertiary/aromatic N) is 2. The molecule has 0 aromatic carbocycles. The first kappa shape index (κ1) is 26.1.